The highest BCUT2D eigenvalue weighted by atomic mass is 17.2. The molecule has 2 aliphatic heterocycles. The molecule has 17 heteroatoms. The maximum atomic E-state index is 12.0. The fraction of sp³-hybridized carbons (Fsp3) is 0.600. The summed E-state index contributed by atoms with van der Waals surface area (Å²) in [5, 5.41) is -0.231. The molecule has 0 radical (unpaired) electrons. The number of hydrogen-bond acceptors (Lipinski definition) is 17. The molecular formula is C15H21N5O12. The van der Waals surface area contributed by atoms with Crippen LogP contribution in [-0.4, -0.2) is 64.7 Å². The van der Waals surface area contributed by atoms with Crippen LogP contribution in [0.15, 0.2) is 0 Å². The Balaban J connectivity index is 1.81. The van der Waals surface area contributed by atoms with Crippen molar-refractivity contribution in [3.63, 3.8) is 0 Å². The predicted octanol–water partition coefficient (Wildman–Crippen LogP) is -3.31. The first kappa shape index (κ1) is 24.9. The number of carbonyl (C=O) groups is 6. The monoisotopic (exact) mass is 463 g/mol. The molecule has 0 aromatic rings. The van der Waals surface area contributed by atoms with Crippen LogP contribution in [0, 0.1) is 0 Å². The molecule has 0 amide bonds. The standard InChI is InChI=1S/C15H21N5O12/c16-7-1-4-10(21)27-19(30-13(7)24)28-11(22)5-2-8(17)14(25)31-20-29-12(23)6-3-9(18)15(26)32-20/h7-9H,1-6,16-18H2/t7-,8-,9+/m0/s1. The average Bonchev–Trinajstić information content (AvgIpc) is 2.72. The van der Waals surface area contributed by atoms with E-state index in [0.717, 1.165) is 0 Å². The van der Waals surface area contributed by atoms with Gasteiger partial charge in [-0.1, -0.05) is 0 Å². The van der Waals surface area contributed by atoms with E-state index < -0.39 is 60.4 Å². The third-order valence-corrected chi connectivity index (χ3v) is 3.91. The molecule has 0 aromatic carbocycles. The van der Waals surface area contributed by atoms with Crippen molar-refractivity contribution >= 4 is 35.8 Å². The minimum Gasteiger partial charge on any atom is -0.318 e. The molecular weight excluding hydrogens is 442 g/mol. The lowest BCUT2D eigenvalue weighted by atomic mass is 10.2. The van der Waals surface area contributed by atoms with Crippen molar-refractivity contribution in [3.05, 3.63) is 0 Å². The summed E-state index contributed by atoms with van der Waals surface area (Å²) in [5.41, 5.74) is 16.5. The molecule has 0 unspecified atom stereocenters. The van der Waals surface area contributed by atoms with Crippen molar-refractivity contribution in [2.75, 3.05) is 0 Å². The zero-order chi connectivity index (χ0) is 23.8. The quantitative estimate of drug-likeness (QED) is 0.349. The van der Waals surface area contributed by atoms with Gasteiger partial charge in [0, 0.05) is 19.3 Å². The third kappa shape index (κ3) is 7.71. The molecule has 0 spiro atoms. The van der Waals surface area contributed by atoms with E-state index in [1.54, 1.807) is 0 Å². The van der Waals surface area contributed by atoms with Crippen molar-refractivity contribution in [1.29, 1.82) is 0 Å². The van der Waals surface area contributed by atoms with Gasteiger partial charge in [0.25, 0.3) is 0 Å². The van der Waals surface area contributed by atoms with Crippen LogP contribution in [0.25, 0.3) is 0 Å². The van der Waals surface area contributed by atoms with Gasteiger partial charge in [0.1, 0.15) is 18.1 Å². The average molecular weight is 463 g/mol. The second kappa shape index (κ2) is 11.3. The normalized spacial score (nSPS) is 24.3. The largest absolute Gasteiger partial charge is 0.349 e. The lowest BCUT2D eigenvalue weighted by Gasteiger charge is -2.23. The lowest BCUT2D eigenvalue weighted by molar-refractivity contribution is -0.466. The van der Waals surface area contributed by atoms with Gasteiger partial charge in [0.15, 0.2) is 0 Å². The van der Waals surface area contributed by atoms with Gasteiger partial charge in [-0.3, -0.25) is 28.9 Å². The fourth-order valence-electron chi connectivity index (χ4n) is 2.10. The van der Waals surface area contributed by atoms with Gasteiger partial charge in [-0.05, 0) is 19.3 Å². The van der Waals surface area contributed by atoms with E-state index in [1.807, 2.05) is 0 Å². The van der Waals surface area contributed by atoms with Gasteiger partial charge in [0.05, 0.1) is 0 Å². The van der Waals surface area contributed by atoms with Crippen LogP contribution in [-0.2, 0) is 57.8 Å². The summed E-state index contributed by atoms with van der Waals surface area (Å²) >= 11 is 0. The van der Waals surface area contributed by atoms with Gasteiger partial charge in [-0.25, -0.2) is 14.4 Å². The smallest absolute Gasteiger partial charge is 0.318 e. The minimum absolute atomic E-state index is 0.0238. The maximum Gasteiger partial charge on any atom is 0.349 e. The Morgan fingerprint density at radius 2 is 1.34 bits per heavy atom. The van der Waals surface area contributed by atoms with Crippen molar-refractivity contribution in [1.82, 2.24) is 10.8 Å². The van der Waals surface area contributed by atoms with Crippen LogP contribution in [0.5, 0.6) is 0 Å². The molecule has 32 heavy (non-hydrogen) atoms. The van der Waals surface area contributed by atoms with Crippen molar-refractivity contribution in [2.24, 2.45) is 17.2 Å². The van der Waals surface area contributed by atoms with E-state index in [4.69, 9.17) is 17.2 Å². The molecule has 0 aliphatic carbocycles. The van der Waals surface area contributed by atoms with E-state index in [2.05, 4.69) is 29.0 Å². The SMILES string of the molecule is N[C@@H]1CCC(=O)ON(OC(=O)[C@@H](N)CCC(=O)ON2OC(=O)CC[C@H](N)C(=O)O2)OC1=O. The number of carbonyl (C=O) groups excluding carboxylic acids is 6. The fourth-order valence-corrected chi connectivity index (χ4v) is 2.10. The summed E-state index contributed by atoms with van der Waals surface area (Å²) in [5.74, 6) is -6.17. The van der Waals surface area contributed by atoms with E-state index in [1.165, 1.54) is 0 Å². The molecule has 2 saturated heterocycles. The second-order valence-electron chi connectivity index (χ2n) is 6.50. The zero-order valence-electron chi connectivity index (χ0n) is 16.5. The molecule has 2 aliphatic rings. The molecule has 17 nitrogen and oxygen atoms in total. The summed E-state index contributed by atoms with van der Waals surface area (Å²) in [6, 6.07) is -3.76. The first-order valence-electron chi connectivity index (χ1n) is 9.20. The Bertz CT molecular complexity index is 776. The maximum absolute atomic E-state index is 12.0. The van der Waals surface area contributed by atoms with Crippen LogP contribution in [0.3, 0.4) is 0 Å². The van der Waals surface area contributed by atoms with Gasteiger partial charge in [-0.15, -0.1) is 0 Å². The van der Waals surface area contributed by atoms with Gasteiger partial charge < -0.3 is 31.7 Å². The molecule has 2 fully saturated rings. The topological polar surface area (TPSA) is 242 Å². The van der Waals surface area contributed by atoms with E-state index in [-0.39, 0.29) is 42.9 Å². The summed E-state index contributed by atoms with van der Waals surface area (Å²) in [4.78, 5) is 97.1. The highest BCUT2D eigenvalue weighted by Crippen LogP contribution is 2.12. The van der Waals surface area contributed by atoms with Gasteiger partial charge in [0.2, 0.25) is 10.8 Å². The number of nitrogens with zero attached hydrogens (tertiary/aromatic N) is 2. The van der Waals surface area contributed by atoms with Crippen molar-refractivity contribution in [2.45, 2.75) is 56.7 Å². The molecule has 2 heterocycles. The second-order valence-corrected chi connectivity index (χ2v) is 6.50. The predicted molar refractivity (Wildman–Crippen MR) is 91.9 cm³/mol. The van der Waals surface area contributed by atoms with Crippen molar-refractivity contribution < 1.29 is 57.8 Å². The minimum atomic E-state index is -1.48. The van der Waals surface area contributed by atoms with Gasteiger partial charge in [-0.2, -0.15) is 0 Å². The Labute approximate surface area is 179 Å². The van der Waals surface area contributed by atoms with E-state index in [0.29, 0.717) is 0 Å². The zero-order valence-corrected chi connectivity index (χ0v) is 16.5. The lowest BCUT2D eigenvalue weighted by Crippen LogP contribution is -2.45. The third-order valence-electron chi connectivity index (χ3n) is 3.91. The number of nitrogens with two attached hydrogens (primary N) is 3. The van der Waals surface area contributed by atoms with E-state index >= 15 is 0 Å². The Morgan fingerprint density at radius 1 is 0.875 bits per heavy atom. The highest BCUT2D eigenvalue weighted by Gasteiger charge is 2.32. The summed E-state index contributed by atoms with van der Waals surface area (Å²) in [6.07, 6.45) is -1.45. The molecule has 2 rings (SSSR count). The highest BCUT2D eigenvalue weighted by molar-refractivity contribution is 5.79. The molecule has 0 saturated carbocycles. The molecule has 178 valence electrons. The van der Waals surface area contributed by atoms with Crippen LogP contribution in [0.2, 0.25) is 0 Å². The van der Waals surface area contributed by atoms with Crippen LogP contribution < -0.4 is 17.2 Å². The molecule has 3 atom stereocenters. The molecule has 0 bridgehead atoms. The molecule has 6 N–H and O–H groups in total. The van der Waals surface area contributed by atoms with Crippen molar-refractivity contribution in [3.8, 4) is 0 Å². The summed E-state index contributed by atoms with van der Waals surface area (Å²) in [6.45, 7) is 0. The van der Waals surface area contributed by atoms with E-state index in [9.17, 15) is 28.8 Å². The van der Waals surface area contributed by atoms with Crippen LogP contribution in [0.1, 0.15) is 38.5 Å². The van der Waals surface area contributed by atoms with Crippen LogP contribution in [0.4, 0.5) is 0 Å². The molecule has 0 aromatic heterocycles. The van der Waals surface area contributed by atoms with Crippen LogP contribution >= 0.6 is 0 Å². The number of rotatable bonds is 6. The Hall–Kier alpha value is -3.38. The summed E-state index contributed by atoms with van der Waals surface area (Å²) in [7, 11) is 0. The Kier molecular flexibility index (Phi) is 8.79. The number of hydrogen-bond donors (Lipinski definition) is 3. The first-order chi connectivity index (χ1) is 15.0. The van der Waals surface area contributed by atoms with Gasteiger partial charge >= 0.3 is 35.8 Å². The Morgan fingerprint density at radius 3 is 1.84 bits per heavy atom. The first-order valence-corrected chi connectivity index (χ1v) is 9.20. The summed E-state index contributed by atoms with van der Waals surface area (Å²) < 4.78 is 0.